The predicted octanol–water partition coefficient (Wildman–Crippen LogP) is 4.35. The Labute approximate surface area is 149 Å². The third kappa shape index (κ3) is 5.94. The average Bonchev–Trinajstić information content (AvgIpc) is 2.56. The standard InChI is InChI=1S/C20H28O5/c1-7-20(6,25-14(4)13(2)3)10-11-24-15(5)19(23)16-8-9-17(21)18(22)12-16/h8-9,12,15,21-22H,2,4,7,10-11H2,1,3,5-6H3. The van der Waals surface area contributed by atoms with Crippen molar-refractivity contribution < 1.29 is 24.5 Å². The molecule has 0 saturated carbocycles. The molecular formula is C20H28O5. The maximum Gasteiger partial charge on any atom is 0.191 e. The van der Waals surface area contributed by atoms with Gasteiger partial charge in [-0.1, -0.05) is 20.1 Å². The average molecular weight is 348 g/mol. The minimum absolute atomic E-state index is 0.263. The molecule has 0 spiro atoms. The van der Waals surface area contributed by atoms with Gasteiger partial charge in [0, 0.05) is 12.0 Å². The van der Waals surface area contributed by atoms with E-state index in [0.717, 1.165) is 12.0 Å². The molecule has 0 heterocycles. The Balaban J connectivity index is 2.61. The molecule has 2 unspecified atom stereocenters. The second-order valence-electron chi connectivity index (χ2n) is 6.44. The number of rotatable bonds is 10. The number of carbonyl (C=O) groups excluding carboxylic acids is 1. The third-order valence-corrected chi connectivity index (χ3v) is 4.22. The molecule has 0 radical (unpaired) electrons. The van der Waals surface area contributed by atoms with Gasteiger partial charge in [-0.3, -0.25) is 4.79 Å². The number of allylic oxidation sites excluding steroid dienone is 1. The van der Waals surface area contributed by atoms with Crippen LogP contribution in [0.15, 0.2) is 42.7 Å². The van der Waals surface area contributed by atoms with Crippen LogP contribution < -0.4 is 0 Å². The lowest BCUT2D eigenvalue weighted by Crippen LogP contribution is -2.31. The highest BCUT2D eigenvalue weighted by Gasteiger charge is 2.26. The molecule has 0 saturated heterocycles. The Morgan fingerprint density at radius 1 is 1.28 bits per heavy atom. The summed E-state index contributed by atoms with van der Waals surface area (Å²) in [6.07, 6.45) is 0.680. The van der Waals surface area contributed by atoms with Gasteiger partial charge in [-0.2, -0.15) is 0 Å². The molecule has 2 N–H and O–H groups in total. The van der Waals surface area contributed by atoms with Gasteiger partial charge in [0.1, 0.15) is 17.5 Å². The SMILES string of the molecule is C=C(C)C(=C)OC(C)(CC)CCOC(C)C(=O)c1ccc(O)c(O)c1. The van der Waals surface area contributed by atoms with Crippen molar-refractivity contribution in [3.63, 3.8) is 0 Å². The van der Waals surface area contributed by atoms with Crippen LogP contribution in [0.1, 0.15) is 50.9 Å². The van der Waals surface area contributed by atoms with Crippen LogP contribution in [0.2, 0.25) is 0 Å². The van der Waals surface area contributed by atoms with E-state index < -0.39 is 11.7 Å². The number of phenols is 2. The summed E-state index contributed by atoms with van der Waals surface area (Å²) in [5, 5.41) is 18.8. The highest BCUT2D eigenvalue weighted by Crippen LogP contribution is 2.27. The summed E-state index contributed by atoms with van der Waals surface area (Å²) in [6, 6.07) is 3.96. The van der Waals surface area contributed by atoms with Crippen molar-refractivity contribution in [3.8, 4) is 11.5 Å². The number of ketones is 1. The lowest BCUT2D eigenvalue weighted by atomic mass is 9.99. The van der Waals surface area contributed by atoms with Crippen LogP contribution in [0, 0.1) is 0 Å². The minimum Gasteiger partial charge on any atom is -0.504 e. The molecule has 5 nitrogen and oxygen atoms in total. The number of benzene rings is 1. The molecule has 0 aliphatic heterocycles. The predicted molar refractivity (Wildman–Crippen MR) is 97.9 cm³/mol. The summed E-state index contributed by atoms with van der Waals surface area (Å²) in [5.74, 6) is -0.309. The summed E-state index contributed by atoms with van der Waals surface area (Å²) in [4.78, 5) is 12.3. The van der Waals surface area contributed by atoms with Crippen LogP contribution in [-0.2, 0) is 9.47 Å². The first-order chi connectivity index (χ1) is 11.6. The van der Waals surface area contributed by atoms with Crippen molar-refractivity contribution in [2.45, 2.75) is 52.2 Å². The van der Waals surface area contributed by atoms with Crippen molar-refractivity contribution in [1.29, 1.82) is 0 Å². The molecule has 0 aromatic heterocycles. The molecule has 0 fully saturated rings. The van der Waals surface area contributed by atoms with E-state index in [1.165, 1.54) is 18.2 Å². The minimum atomic E-state index is -0.672. The lowest BCUT2D eigenvalue weighted by molar-refractivity contribution is -0.0226. The molecule has 138 valence electrons. The monoisotopic (exact) mass is 348 g/mol. The van der Waals surface area contributed by atoms with E-state index in [1.807, 2.05) is 20.8 Å². The van der Waals surface area contributed by atoms with Crippen LogP contribution >= 0.6 is 0 Å². The highest BCUT2D eigenvalue weighted by atomic mass is 16.5. The maximum atomic E-state index is 12.3. The smallest absolute Gasteiger partial charge is 0.191 e. The second-order valence-corrected chi connectivity index (χ2v) is 6.44. The molecule has 5 heteroatoms. The number of phenolic OH excluding ortho intramolecular Hbond substituents is 2. The molecule has 0 aliphatic carbocycles. The maximum absolute atomic E-state index is 12.3. The molecule has 2 atom stereocenters. The number of carbonyl (C=O) groups is 1. The lowest BCUT2D eigenvalue weighted by Gasteiger charge is -2.31. The summed E-state index contributed by atoms with van der Waals surface area (Å²) in [5.41, 5.74) is 0.611. The highest BCUT2D eigenvalue weighted by molar-refractivity contribution is 5.99. The Morgan fingerprint density at radius 3 is 2.44 bits per heavy atom. The molecule has 1 aromatic carbocycles. The van der Waals surface area contributed by atoms with Gasteiger partial charge < -0.3 is 19.7 Å². The summed E-state index contributed by atoms with van der Waals surface area (Å²) in [7, 11) is 0. The Morgan fingerprint density at radius 2 is 1.92 bits per heavy atom. The van der Waals surface area contributed by atoms with E-state index in [9.17, 15) is 15.0 Å². The quantitative estimate of drug-likeness (QED) is 0.284. The molecule has 0 aliphatic rings. The topological polar surface area (TPSA) is 76.0 Å². The van der Waals surface area contributed by atoms with E-state index >= 15 is 0 Å². The van der Waals surface area contributed by atoms with Crippen molar-refractivity contribution in [3.05, 3.63) is 48.3 Å². The van der Waals surface area contributed by atoms with E-state index in [4.69, 9.17) is 9.47 Å². The normalized spacial score (nSPS) is 14.4. The number of Topliss-reactive ketones (excluding diaryl/α,β-unsaturated/α-hetero) is 1. The van der Waals surface area contributed by atoms with Crippen LogP contribution in [0.5, 0.6) is 11.5 Å². The first kappa shape index (κ1) is 20.8. The van der Waals surface area contributed by atoms with Crippen molar-refractivity contribution in [1.82, 2.24) is 0 Å². The number of ether oxygens (including phenoxy) is 2. The summed E-state index contributed by atoms with van der Waals surface area (Å²) < 4.78 is 11.5. The first-order valence-corrected chi connectivity index (χ1v) is 8.31. The molecular weight excluding hydrogens is 320 g/mol. The molecule has 1 aromatic rings. The number of aromatic hydroxyl groups is 2. The Bertz CT molecular complexity index is 649. The zero-order chi connectivity index (χ0) is 19.2. The van der Waals surface area contributed by atoms with Gasteiger partial charge in [0.15, 0.2) is 17.3 Å². The van der Waals surface area contributed by atoms with Gasteiger partial charge in [-0.25, -0.2) is 0 Å². The van der Waals surface area contributed by atoms with Crippen LogP contribution in [0.3, 0.4) is 0 Å². The summed E-state index contributed by atoms with van der Waals surface area (Å²) in [6.45, 7) is 15.5. The van der Waals surface area contributed by atoms with E-state index in [-0.39, 0.29) is 22.8 Å². The van der Waals surface area contributed by atoms with Crippen molar-refractivity contribution >= 4 is 5.78 Å². The van der Waals surface area contributed by atoms with Crippen LogP contribution in [0.4, 0.5) is 0 Å². The van der Waals surface area contributed by atoms with Crippen LogP contribution in [0.25, 0.3) is 0 Å². The van der Waals surface area contributed by atoms with E-state index in [1.54, 1.807) is 6.92 Å². The fourth-order valence-electron chi connectivity index (χ4n) is 2.12. The summed E-state index contributed by atoms with van der Waals surface area (Å²) >= 11 is 0. The Kier molecular flexibility index (Phi) is 7.24. The van der Waals surface area contributed by atoms with E-state index in [0.29, 0.717) is 18.8 Å². The largest absolute Gasteiger partial charge is 0.504 e. The van der Waals surface area contributed by atoms with Gasteiger partial charge in [-0.15, -0.1) is 0 Å². The molecule has 1 rings (SSSR count). The first-order valence-electron chi connectivity index (χ1n) is 8.31. The van der Waals surface area contributed by atoms with Gasteiger partial charge in [0.2, 0.25) is 0 Å². The molecule has 25 heavy (non-hydrogen) atoms. The zero-order valence-corrected chi connectivity index (χ0v) is 15.5. The van der Waals surface area contributed by atoms with Crippen LogP contribution in [-0.4, -0.2) is 34.3 Å². The van der Waals surface area contributed by atoms with Gasteiger partial charge >= 0.3 is 0 Å². The Hall–Kier alpha value is -2.27. The van der Waals surface area contributed by atoms with Gasteiger partial charge in [0.25, 0.3) is 0 Å². The fraction of sp³-hybridized carbons (Fsp3) is 0.450. The van der Waals surface area contributed by atoms with Gasteiger partial charge in [-0.05, 0) is 51.0 Å². The molecule has 0 amide bonds. The van der Waals surface area contributed by atoms with Crippen molar-refractivity contribution in [2.75, 3.05) is 6.61 Å². The third-order valence-electron chi connectivity index (χ3n) is 4.22. The fourth-order valence-corrected chi connectivity index (χ4v) is 2.12. The van der Waals surface area contributed by atoms with Gasteiger partial charge in [0.05, 0.1) is 6.61 Å². The second kappa shape index (κ2) is 8.72. The van der Waals surface area contributed by atoms with E-state index in [2.05, 4.69) is 13.2 Å². The molecule has 0 bridgehead atoms. The van der Waals surface area contributed by atoms with Crippen molar-refractivity contribution in [2.24, 2.45) is 0 Å². The zero-order valence-electron chi connectivity index (χ0n) is 15.5. The number of hydrogen-bond donors (Lipinski definition) is 2. The number of hydrogen-bond acceptors (Lipinski definition) is 5.